The standard InChI is InChI=1S/C21H16ClN3O2S/c1-27-16-8-4-6-14(12-16)20(26)25(13-15-7-2-3-11-23-15)21-24-19-17(22)9-5-10-18(19)28-21/h2-12H,13H2,1H3. The minimum atomic E-state index is -0.181. The van der Waals surface area contributed by atoms with E-state index in [1.54, 1.807) is 48.5 Å². The molecule has 0 unspecified atom stereocenters. The van der Waals surface area contributed by atoms with E-state index in [0.29, 0.717) is 33.5 Å². The minimum Gasteiger partial charge on any atom is -0.497 e. The molecule has 7 heteroatoms. The molecule has 1 amide bonds. The van der Waals surface area contributed by atoms with Crippen LogP contribution in [0.3, 0.4) is 0 Å². The Hall–Kier alpha value is -2.96. The summed E-state index contributed by atoms with van der Waals surface area (Å²) in [6.45, 7) is 0.300. The maximum Gasteiger partial charge on any atom is 0.260 e. The third-order valence-corrected chi connectivity index (χ3v) is 5.55. The summed E-state index contributed by atoms with van der Waals surface area (Å²) in [4.78, 5) is 24.0. The van der Waals surface area contributed by atoms with Crippen molar-refractivity contribution in [2.45, 2.75) is 6.54 Å². The number of anilines is 1. The van der Waals surface area contributed by atoms with Gasteiger partial charge in [-0.2, -0.15) is 0 Å². The first-order valence-electron chi connectivity index (χ1n) is 8.56. The van der Waals surface area contributed by atoms with Gasteiger partial charge in [0, 0.05) is 11.8 Å². The van der Waals surface area contributed by atoms with Crippen molar-refractivity contribution >= 4 is 44.2 Å². The van der Waals surface area contributed by atoms with E-state index in [2.05, 4.69) is 9.97 Å². The van der Waals surface area contributed by atoms with E-state index >= 15 is 0 Å². The number of ether oxygens (including phenoxy) is 1. The van der Waals surface area contributed by atoms with Gasteiger partial charge in [-0.25, -0.2) is 4.98 Å². The number of hydrogen-bond acceptors (Lipinski definition) is 5. The largest absolute Gasteiger partial charge is 0.497 e. The molecule has 0 aliphatic heterocycles. The van der Waals surface area contributed by atoms with E-state index in [1.165, 1.54) is 11.3 Å². The number of aromatic nitrogens is 2. The van der Waals surface area contributed by atoms with Crippen molar-refractivity contribution in [3.8, 4) is 5.75 Å². The van der Waals surface area contributed by atoms with Crippen LogP contribution in [0.4, 0.5) is 5.13 Å². The van der Waals surface area contributed by atoms with E-state index in [9.17, 15) is 4.79 Å². The second kappa shape index (κ2) is 7.96. The van der Waals surface area contributed by atoms with Gasteiger partial charge in [-0.3, -0.25) is 14.7 Å². The van der Waals surface area contributed by atoms with Crippen molar-refractivity contribution in [3.05, 3.63) is 83.1 Å². The monoisotopic (exact) mass is 409 g/mol. The number of hydrogen-bond donors (Lipinski definition) is 0. The van der Waals surface area contributed by atoms with Crippen LogP contribution in [0.2, 0.25) is 5.02 Å². The third-order valence-electron chi connectivity index (χ3n) is 4.20. The first kappa shape index (κ1) is 18.4. The molecule has 0 aliphatic carbocycles. The molecule has 0 bridgehead atoms. The van der Waals surface area contributed by atoms with E-state index in [1.807, 2.05) is 30.3 Å². The summed E-state index contributed by atoms with van der Waals surface area (Å²) >= 11 is 7.71. The van der Waals surface area contributed by atoms with Gasteiger partial charge in [-0.15, -0.1) is 0 Å². The van der Waals surface area contributed by atoms with E-state index in [0.717, 1.165) is 10.4 Å². The lowest BCUT2D eigenvalue weighted by Crippen LogP contribution is -2.30. The smallest absolute Gasteiger partial charge is 0.260 e. The summed E-state index contributed by atoms with van der Waals surface area (Å²) in [5.41, 5.74) is 1.97. The van der Waals surface area contributed by atoms with Gasteiger partial charge >= 0.3 is 0 Å². The molecule has 4 rings (SSSR count). The molecule has 0 saturated heterocycles. The number of methoxy groups -OCH3 is 1. The number of halogens is 1. The van der Waals surface area contributed by atoms with Crippen LogP contribution in [-0.4, -0.2) is 23.0 Å². The number of fused-ring (bicyclic) bond motifs is 1. The summed E-state index contributed by atoms with van der Waals surface area (Å²) in [6.07, 6.45) is 1.71. The SMILES string of the molecule is COc1cccc(C(=O)N(Cc2ccccn2)c2nc3c(Cl)cccc3s2)c1. The Balaban J connectivity index is 1.78. The van der Waals surface area contributed by atoms with Crippen LogP contribution in [-0.2, 0) is 6.54 Å². The molecule has 0 radical (unpaired) electrons. The minimum absolute atomic E-state index is 0.181. The molecule has 0 spiro atoms. The second-order valence-electron chi connectivity index (χ2n) is 6.03. The Kier molecular flexibility index (Phi) is 5.23. The van der Waals surface area contributed by atoms with E-state index in [-0.39, 0.29) is 5.91 Å². The van der Waals surface area contributed by atoms with Gasteiger partial charge in [-0.05, 0) is 42.5 Å². The van der Waals surface area contributed by atoms with Crippen molar-refractivity contribution in [1.82, 2.24) is 9.97 Å². The number of carbonyl (C=O) groups excluding carboxylic acids is 1. The highest BCUT2D eigenvalue weighted by molar-refractivity contribution is 7.22. The first-order chi connectivity index (χ1) is 13.7. The summed E-state index contributed by atoms with van der Waals surface area (Å²) < 4.78 is 6.18. The normalized spacial score (nSPS) is 10.8. The molecule has 0 fully saturated rings. The van der Waals surface area contributed by atoms with Crippen LogP contribution < -0.4 is 9.64 Å². The van der Waals surface area contributed by atoms with Gasteiger partial charge in [-0.1, -0.05) is 41.1 Å². The average molecular weight is 410 g/mol. The van der Waals surface area contributed by atoms with Crippen LogP contribution in [0, 0.1) is 0 Å². The van der Waals surface area contributed by atoms with Crippen molar-refractivity contribution in [3.63, 3.8) is 0 Å². The van der Waals surface area contributed by atoms with E-state index in [4.69, 9.17) is 16.3 Å². The molecule has 28 heavy (non-hydrogen) atoms. The van der Waals surface area contributed by atoms with Crippen LogP contribution in [0.5, 0.6) is 5.75 Å². The van der Waals surface area contributed by atoms with Gasteiger partial charge in [0.2, 0.25) is 0 Å². The molecule has 2 aromatic heterocycles. The van der Waals surface area contributed by atoms with Crippen LogP contribution in [0.1, 0.15) is 16.1 Å². The highest BCUT2D eigenvalue weighted by Crippen LogP contribution is 2.34. The molecule has 0 aliphatic rings. The van der Waals surface area contributed by atoms with Crippen LogP contribution >= 0.6 is 22.9 Å². The van der Waals surface area contributed by atoms with Gasteiger partial charge in [0.1, 0.15) is 11.3 Å². The maximum atomic E-state index is 13.4. The number of rotatable bonds is 5. The zero-order valence-electron chi connectivity index (χ0n) is 15.0. The fourth-order valence-electron chi connectivity index (χ4n) is 2.81. The van der Waals surface area contributed by atoms with Gasteiger partial charge < -0.3 is 4.74 Å². The lowest BCUT2D eigenvalue weighted by molar-refractivity contribution is 0.0984. The molecule has 0 saturated carbocycles. The molecule has 2 heterocycles. The zero-order valence-corrected chi connectivity index (χ0v) is 16.6. The predicted molar refractivity (Wildman–Crippen MR) is 112 cm³/mol. The molecular formula is C21H16ClN3O2S. The van der Waals surface area contributed by atoms with Crippen molar-refractivity contribution < 1.29 is 9.53 Å². The van der Waals surface area contributed by atoms with Gasteiger partial charge in [0.15, 0.2) is 5.13 Å². The molecular weight excluding hydrogens is 394 g/mol. The zero-order chi connectivity index (χ0) is 19.5. The Morgan fingerprint density at radius 2 is 2.00 bits per heavy atom. The second-order valence-corrected chi connectivity index (χ2v) is 7.44. The van der Waals surface area contributed by atoms with Crippen molar-refractivity contribution in [2.75, 3.05) is 12.0 Å². The first-order valence-corrected chi connectivity index (χ1v) is 9.76. The van der Waals surface area contributed by atoms with Crippen LogP contribution in [0.25, 0.3) is 10.2 Å². The average Bonchev–Trinajstić information content (AvgIpc) is 3.18. The number of carbonyl (C=O) groups is 1. The summed E-state index contributed by atoms with van der Waals surface area (Å²) in [5.74, 6) is 0.440. The summed E-state index contributed by atoms with van der Waals surface area (Å²) in [7, 11) is 1.57. The lowest BCUT2D eigenvalue weighted by atomic mass is 10.2. The summed E-state index contributed by atoms with van der Waals surface area (Å²) in [5, 5.41) is 1.13. The van der Waals surface area contributed by atoms with Crippen molar-refractivity contribution in [2.24, 2.45) is 0 Å². The Bertz CT molecular complexity index is 1130. The molecule has 2 aromatic carbocycles. The molecule has 5 nitrogen and oxygen atoms in total. The van der Waals surface area contributed by atoms with Gasteiger partial charge in [0.05, 0.1) is 29.1 Å². The Morgan fingerprint density at radius 1 is 1.14 bits per heavy atom. The molecule has 140 valence electrons. The number of nitrogens with zero attached hydrogens (tertiary/aromatic N) is 3. The Morgan fingerprint density at radius 3 is 2.75 bits per heavy atom. The predicted octanol–water partition coefficient (Wildman–Crippen LogP) is 5.20. The lowest BCUT2D eigenvalue weighted by Gasteiger charge is -2.20. The van der Waals surface area contributed by atoms with E-state index < -0.39 is 0 Å². The van der Waals surface area contributed by atoms with Crippen molar-refractivity contribution in [1.29, 1.82) is 0 Å². The maximum absolute atomic E-state index is 13.4. The number of amides is 1. The Labute approximate surface area is 171 Å². The molecule has 0 atom stereocenters. The molecule has 4 aromatic rings. The fourth-order valence-corrected chi connectivity index (χ4v) is 4.07. The molecule has 0 N–H and O–H groups in total. The fraction of sp³-hybridized carbons (Fsp3) is 0.0952. The van der Waals surface area contributed by atoms with Crippen LogP contribution in [0.15, 0.2) is 66.9 Å². The summed E-state index contributed by atoms with van der Waals surface area (Å²) in [6, 6.07) is 18.3. The topological polar surface area (TPSA) is 55.3 Å². The number of para-hydroxylation sites is 1. The number of pyridine rings is 1. The number of thiazole rings is 1. The third kappa shape index (κ3) is 3.69. The highest BCUT2D eigenvalue weighted by Gasteiger charge is 2.23. The quantitative estimate of drug-likeness (QED) is 0.454. The number of benzene rings is 2. The van der Waals surface area contributed by atoms with Gasteiger partial charge in [0.25, 0.3) is 5.91 Å². The highest BCUT2D eigenvalue weighted by atomic mass is 35.5.